The van der Waals surface area contributed by atoms with Crippen molar-refractivity contribution >= 4 is 17.4 Å². The number of hydrogen-bond donors (Lipinski definition) is 0. The van der Waals surface area contributed by atoms with Gasteiger partial charge in [0.15, 0.2) is 5.82 Å². The molecule has 1 rings (SSSR count). The van der Waals surface area contributed by atoms with Crippen molar-refractivity contribution in [2.45, 2.75) is 13.5 Å². The van der Waals surface area contributed by atoms with Gasteiger partial charge in [-0.1, -0.05) is 5.16 Å². The van der Waals surface area contributed by atoms with E-state index < -0.39 is 0 Å². The molecule has 4 nitrogen and oxygen atoms in total. The molecule has 0 radical (unpaired) electrons. The zero-order chi connectivity index (χ0) is 7.40. The Morgan fingerprint density at radius 3 is 3.10 bits per heavy atom. The van der Waals surface area contributed by atoms with Crippen molar-refractivity contribution in [3.05, 3.63) is 11.7 Å². The van der Waals surface area contributed by atoms with Crippen LogP contribution in [0.4, 0.5) is 0 Å². The average molecular weight is 155 g/mol. The maximum Gasteiger partial charge on any atom is 0.223 e. The summed E-state index contributed by atoms with van der Waals surface area (Å²) in [4.78, 5) is 7.53. The zero-order valence-corrected chi connectivity index (χ0v) is 6.18. The largest absolute Gasteiger partial charge is 0.340 e. The third-order valence-corrected chi connectivity index (χ3v) is 0.984. The third kappa shape index (κ3) is 1.72. The molecule has 0 aliphatic rings. The second kappa shape index (κ2) is 3.20. The number of rotatable bonds is 2. The number of hydrogen-bond acceptors (Lipinski definition) is 5. The summed E-state index contributed by atoms with van der Waals surface area (Å²) < 4.78 is 4.68. The summed E-state index contributed by atoms with van der Waals surface area (Å²) in [5.74, 6) is 1.07. The highest BCUT2D eigenvalue weighted by atomic mass is 32.1. The molecule has 0 spiro atoms. The Bertz CT molecular complexity index is 264. The first-order valence-corrected chi connectivity index (χ1v) is 3.06. The zero-order valence-electron chi connectivity index (χ0n) is 5.37. The standard InChI is InChI=1S/C5H5N3OS/c1-4-7-5(8-9-4)2-6-3-10/h2H2,1H3. The molecular formula is C5H5N3OS. The Morgan fingerprint density at radius 2 is 2.60 bits per heavy atom. The van der Waals surface area contributed by atoms with Crippen LogP contribution in [-0.2, 0) is 6.54 Å². The SMILES string of the molecule is Cc1nc(CN=C=S)no1. The van der Waals surface area contributed by atoms with Crippen LogP contribution in [0, 0.1) is 6.92 Å². The number of aliphatic imine (C=N–C) groups is 1. The van der Waals surface area contributed by atoms with Gasteiger partial charge in [-0.3, -0.25) is 0 Å². The van der Waals surface area contributed by atoms with Crippen LogP contribution < -0.4 is 0 Å². The highest BCUT2D eigenvalue weighted by Gasteiger charge is 1.97. The maximum absolute atomic E-state index is 4.68. The maximum atomic E-state index is 4.68. The van der Waals surface area contributed by atoms with Crippen molar-refractivity contribution in [3.8, 4) is 0 Å². The Kier molecular flexibility index (Phi) is 2.25. The molecule has 0 aromatic carbocycles. The third-order valence-electron chi connectivity index (χ3n) is 0.855. The van der Waals surface area contributed by atoms with Crippen molar-refractivity contribution in [3.63, 3.8) is 0 Å². The van der Waals surface area contributed by atoms with Crippen LogP contribution in [0.1, 0.15) is 11.7 Å². The van der Waals surface area contributed by atoms with Crippen molar-refractivity contribution in [1.29, 1.82) is 0 Å². The van der Waals surface area contributed by atoms with Gasteiger partial charge in [-0.15, -0.1) is 0 Å². The predicted molar refractivity (Wildman–Crippen MR) is 37.8 cm³/mol. The fraction of sp³-hybridized carbons (Fsp3) is 0.400. The van der Waals surface area contributed by atoms with Crippen LogP contribution in [-0.4, -0.2) is 15.3 Å². The summed E-state index contributed by atoms with van der Waals surface area (Å²) in [6.45, 7) is 2.07. The van der Waals surface area contributed by atoms with Crippen LogP contribution in [0.25, 0.3) is 0 Å². The minimum Gasteiger partial charge on any atom is -0.340 e. The average Bonchev–Trinajstić information content (AvgIpc) is 2.31. The van der Waals surface area contributed by atoms with Crippen molar-refractivity contribution in [2.24, 2.45) is 4.99 Å². The van der Waals surface area contributed by atoms with E-state index in [1.54, 1.807) is 6.92 Å². The monoisotopic (exact) mass is 155 g/mol. The van der Waals surface area contributed by atoms with Gasteiger partial charge >= 0.3 is 0 Å². The fourth-order valence-corrected chi connectivity index (χ4v) is 0.573. The van der Waals surface area contributed by atoms with E-state index in [4.69, 9.17) is 0 Å². The molecule has 0 amide bonds. The second-order valence-corrected chi connectivity index (χ2v) is 1.82. The Morgan fingerprint density at radius 1 is 1.80 bits per heavy atom. The first-order chi connectivity index (χ1) is 4.83. The van der Waals surface area contributed by atoms with Crippen LogP contribution in [0.15, 0.2) is 9.52 Å². The minimum atomic E-state index is 0.348. The number of aromatic nitrogens is 2. The predicted octanol–water partition coefficient (Wildman–Crippen LogP) is 0.981. The molecule has 1 aromatic rings. The van der Waals surface area contributed by atoms with Crippen LogP contribution in [0.2, 0.25) is 0 Å². The van der Waals surface area contributed by atoms with E-state index in [2.05, 4.69) is 37.0 Å². The lowest BCUT2D eigenvalue weighted by atomic mass is 10.6. The van der Waals surface area contributed by atoms with Gasteiger partial charge in [-0.2, -0.15) is 4.98 Å². The van der Waals surface area contributed by atoms with E-state index in [1.807, 2.05) is 0 Å². The number of thiocarbonyl (C=S) groups is 1. The summed E-state index contributed by atoms with van der Waals surface area (Å²) >= 11 is 4.36. The van der Waals surface area contributed by atoms with Gasteiger partial charge in [-0.25, -0.2) is 4.99 Å². The molecule has 0 N–H and O–H groups in total. The highest BCUT2D eigenvalue weighted by Crippen LogP contribution is 1.94. The van der Waals surface area contributed by atoms with E-state index in [1.165, 1.54) is 0 Å². The molecule has 0 bridgehead atoms. The van der Waals surface area contributed by atoms with Crippen molar-refractivity contribution < 1.29 is 4.52 Å². The molecule has 10 heavy (non-hydrogen) atoms. The first kappa shape index (κ1) is 7.05. The van der Waals surface area contributed by atoms with Gasteiger partial charge in [-0.05, 0) is 12.2 Å². The summed E-state index contributed by atoms with van der Waals surface area (Å²) in [5, 5.41) is 5.80. The van der Waals surface area contributed by atoms with Gasteiger partial charge in [0.2, 0.25) is 5.89 Å². The molecule has 0 saturated heterocycles. The molecule has 0 saturated carbocycles. The molecule has 5 heteroatoms. The molecule has 0 fully saturated rings. The quantitative estimate of drug-likeness (QED) is 0.472. The Balaban J connectivity index is 2.66. The van der Waals surface area contributed by atoms with E-state index >= 15 is 0 Å². The molecule has 0 aliphatic heterocycles. The minimum absolute atomic E-state index is 0.348. The lowest BCUT2D eigenvalue weighted by Gasteiger charge is -1.76. The molecule has 52 valence electrons. The summed E-state index contributed by atoms with van der Waals surface area (Å²) in [5.41, 5.74) is 0. The van der Waals surface area contributed by atoms with Crippen LogP contribution >= 0.6 is 12.2 Å². The summed E-state index contributed by atoms with van der Waals surface area (Å²) in [6.07, 6.45) is 0. The summed E-state index contributed by atoms with van der Waals surface area (Å²) in [6, 6.07) is 0. The topological polar surface area (TPSA) is 51.3 Å². The number of nitrogens with zero attached hydrogens (tertiary/aromatic N) is 3. The molecule has 0 atom stereocenters. The van der Waals surface area contributed by atoms with E-state index in [0.29, 0.717) is 18.3 Å². The Labute approximate surface area is 63.0 Å². The number of isothiocyanates is 1. The van der Waals surface area contributed by atoms with Gasteiger partial charge < -0.3 is 4.52 Å². The highest BCUT2D eigenvalue weighted by molar-refractivity contribution is 7.78. The van der Waals surface area contributed by atoms with E-state index in [9.17, 15) is 0 Å². The van der Waals surface area contributed by atoms with Gasteiger partial charge in [0.25, 0.3) is 0 Å². The fourth-order valence-electron chi connectivity index (χ4n) is 0.509. The molecule has 1 aromatic heterocycles. The lowest BCUT2D eigenvalue weighted by molar-refractivity contribution is 0.387. The first-order valence-electron chi connectivity index (χ1n) is 2.66. The smallest absolute Gasteiger partial charge is 0.223 e. The lowest BCUT2D eigenvalue weighted by Crippen LogP contribution is -1.82. The van der Waals surface area contributed by atoms with Gasteiger partial charge in [0.05, 0.1) is 5.16 Å². The van der Waals surface area contributed by atoms with E-state index in [0.717, 1.165) is 0 Å². The molecule has 1 heterocycles. The normalized spacial score (nSPS) is 8.90. The van der Waals surface area contributed by atoms with Crippen molar-refractivity contribution in [2.75, 3.05) is 0 Å². The van der Waals surface area contributed by atoms with Gasteiger partial charge in [0, 0.05) is 6.92 Å². The van der Waals surface area contributed by atoms with E-state index in [-0.39, 0.29) is 0 Å². The van der Waals surface area contributed by atoms with Crippen molar-refractivity contribution in [1.82, 2.24) is 10.1 Å². The number of aryl methyl sites for hydroxylation is 1. The molecule has 0 unspecified atom stereocenters. The van der Waals surface area contributed by atoms with Crippen LogP contribution in [0.3, 0.4) is 0 Å². The molecular weight excluding hydrogens is 150 g/mol. The Hall–Kier alpha value is -1.06. The second-order valence-electron chi connectivity index (χ2n) is 1.64. The summed E-state index contributed by atoms with van der Waals surface area (Å²) in [7, 11) is 0. The van der Waals surface area contributed by atoms with Gasteiger partial charge in [0.1, 0.15) is 6.54 Å². The molecule has 0 aliphatic carbocycles. The van der Waals surface area contributed by atoms with Crippen LogP contribution in [0.5, 0.6) is 0 Å².